The monoisotopic (exact) mass is 895 g/mol. The Bertz CT molecular complexity index is 3940. The van der Waals surface area contributed by atoms with Crippen molar-refractivity contribution >= 4 is 61.8 Å². The van der Waals surface area contributed by atoms with Crippen molar-refractivity contribution in [2.45, 2.75) is 19.3 Å². The van der Waals surface area contributed by atoms with Crippen molar-refractivity contribution in [1.82, 2.24) is 4.98 Å². The molecule has 2 heterocycles. The molecule has 70 heavy (non-hydrogen) atoms. The fraction of sp³-hybridized carbons (Fsp3) is 0.0469. The van der Waals surface area contributed by atoms with Crippen LogP contribution in [0.15, 0.2) is 217 Å². The number of nitriles is 1. The van der Waals surface area contributed by atoms with Crippen LogP contribution in [-0.4, -0.2) is 4.98 Å². The molecule has 9 aromatic carbocycles. The van der Waals surface area contributed by atoms with Crippen LogP contribution in [0.3, 0.4) is 0 Å². The summed E-state index contributed by atoms with van der Waals surface area (Å²) in [6, 6.07) is 74.6. The van der Waals surface area contributed by atoms with Gasteiger partial charge in [-0.3, -0.25) is 4.98 Å². The lowest BCUT2D eigenvalue weighted by molar-refractivity contribution is 0.669. The summed E-state index contributed by atoms with van der Waals surface area (Å²) < 4.78 is 7.24. The highest BCUT2D eigenvalue weighted by molar-refractivity contribution is 6.20. The van der Waals surface area contributed by atoms with E-state index in [-0.39, 0.29) is 0 Å². The van der Waals surface area contributed by atoms with Crippen molar-refractivity contribution in [3.05, 3.63) is 263 Å². The van der Waals surface area contributed by atoms with Crippen molar-refractivity contribution in [1.29, 1.82) is 5.26 Å². The molecule has 2 aliphatic carbocycles. The summed E-state index contributed by atoms with van der Waals surface area (Å²) >= 11 is 0. The van der Waals surface area contributed by atoms with Gasteiger partial charge in [0.25, 0.3) is 0 Å². The summed E-state index contributed by atoms with van der Waals surface area (Å²) in [7, 11) is 0. The summed E-state index contributed by atoms with van der Waals surface area (Å²) in [6.07, 6.45) is 1.90. The first-order chi connectivity index (χ1) is 34.4. The number of para-hydroxylation sites is 1. The Morgan fingerprint density at radius 1 is 0.543 bits per heavy atom. The van der Waals surface area contributed by atoms with Crippen molar-refractivity contribution in [3.63, 3.8) is 0 Å². The number of pyridine rings is 1. The molecule has 0 aliphatic heterocycles. The van der Waals surface area contributed by atoms with E-state index in [0.717, 1.165) is 123 Å². The molecule has 2 aromatic heterocycles. The molecule has 0 saturated carbocycles. The van der Waals surface area contributed by atoms with E-state index in [1.54, 1.807) is 0 Å². The number of furan rings is 1. The average Bonchev–Trinajstić information content (AvgIpc) is 4.05. The van der Waals surface area contributed by atoms with Gasteiger partial charge < -0.3 is 14.2 Å². The number of fused-ring (bicyclic) bond motifs is 14. The molecule has 0 radical (unpaired) electrons. The molecular weight excluding hydrogens is 855 g/mol. The van der Waals surface area contributed by atoms with Crippen molar-refractivity contribution < 1.29 is 4.42 Å². The van der Waals surface area contributed by atoms with Gasteiger partial charge in [-0.25, -0.2) is 4.85 Å². The molecule has 2 aliphatic rings. The van der Waals surface area contributed by atoms with Crippen LogP contribution in [0.5, 0.6) is 0 Å². The zero-order valence-electron chi connectivity index (χ0n) is 38.4. The second-order valence-electron chi connectivity index (χ2n) is 18.2. The highest BCUT2D eigenvalue weighted by Gasteiger charge is 2.54. The molecule has 11 aromatic rings. The maximum Gasteiger partial charge on any atom is 0.187 e. The van der Waals surface area contributed by atoms with Gasteiger partial charge in [-0.2, -0.15) is 5.26 Å². The Kier molecular flexibility index (Phi) is 9.21. The molecule has 1 spiro atoms. The highest BCUT2D eigenvalue weighted by atomic mass is 16.3. The third-order valence-electron chi connectivity index (χ3n) is 14.3. The molecular formula is C64H41N5O. The molecule has 13 rings (SSSR count). The minimum absolute atomic E-state index is 0.581. The first-order valence-corrected chi connectivity index (χ1v) is 23.4. The van der Waals surface area contributed by atoms with Gasteiger partial charge in [-0.05, 0) is 138 Å². The first kappa shape index (κ1) is 40.8. The van der Waals surface area contributed by atoms with E-state index < -0.39 is 5.41 Å². The number of hydrogen-bond acceptors (Lipinski definition) is 5. The summed E-state index contributed by atoms with van der Waals surface area (Å²) in [5, 5.41) is 11.9. The SMILES string of the molecule is [C-]#[N+]c1ccc(N(c2ccc3c(c2)C2(c4ccccc4-c4ncccc42)c2cc(N(c4ccc(C)cc4)c4ccc(C#N)cc4)c4c(oc5ccccc54)c2-3)c2ccc(C)cc2-c2ccccc2)cc1. The van der Waals surface area contributed by atoms with E-state index in [2.05, 4.69) is 198 Å². The van der Waals surface area contributed by atoms with E-state index in [1.807, 2.05) is 48.7 Å². The van der Waals surface area contributed by atoms with E-state index in [1.165, 1.54) is 0 Å². The van der Waals surface area contributed by atoms with Gasteiger partial charge in [0, 0.05) is 51.0 Å². The Labute approximate surface area is 406 Å². The summed E-state index contributed by atoms with van der Waals surface area (Å²) in [6.45, 7) is 12.1. The fourth-order valence-corrected chi connectivity index (χ4v) is 11.2. The van der Waals surface area contributed by atoms with Crippen LogP contribution in [-0.2, 0) is 5.41 Å². The van der Waals surface area contributed by atoms with E-state index in [4.69, 9.17) is 16.0 Å². The van der Waals surface area contributed by atoms with Gasteiger partial charge in [0.15, 0.2) is 5.69 Å². The molecule has 6 nitrogen and oxygen atoms in total. The van der Waals surface area contributed by atoms with Gasteiger partial charge in [0.2, 0.25) is 0 Å². The van der Waals surface area contributed by atoms with Crippen molar-refractivity contribution in [2.75, 3.05) is 9.80 Å². The summed E-state index contributed by atoms with van der Waals surface area (Å²) in [5.74, 6) is 0. The van der Waals surface area contributed by atoms with Gasteiger partial charge in [0.05, 0.1) is 46.1 Å². The Morgan fingerprint density at radius 3 is 1.97 bits per heavy atom. The van der Waals surface area contributed by atoms with Gasteiger partial charge >= 0.3 is 0 Å². The lowest BCUT2D eigenvalue weighted by atomic mass is 9.70. The van der Waals surface area contributed by atoms with Crippen LogP contribution in [0.2, 0.25) is 0 Å². The van der Waals surface area contributed by atoms with Crippen LogP contribution in [0.25, 0.3) is 60.3 Å². The Balaban J connectivity index is 1.16. The zero-order chi connectivity index (χ0) is 47.1. The number of rotatable bonds is 7. The second kappa shape index (κ2) is 15.8. The van der Waals surface area contributed by atoms with Crippen LogP contribution < -0.4 is 9.80 Å². The van der Waals surface area contributed by atoms with E-state index >= 15 is 0 Å². The molecule has 0 N–H and O–H groups in total. The van der Waals surface area contributed by atoms with Crippen LogP contribution >= 0.6 is 0 Å². The van der Waals surface area contributed by atoms with Crippen molar-refractivity contribution in [3.8, 4) is 39.6 Å². The minimum Gasteiger partial charge on any atom is -0.455 e. The lowest BCUT2D eigenvalue weighted by Gasteiger charge is -2.33. The Hall–Kier alpha value is -9.49. The maximum atomic E-state index is 9.92. The van der Waals surface area contributed by atoms with E-state index in [0.29, 0.717) is 11.3 Å². The molecule has 0 amide bonds. The molecule has 0 saturated heterocycles. The molecule has 6 heteroatoms. The van der Waals surface area contributed by atoms with E-state index in [9.17, 15) is 5.26 Å². The third kappa shape index (κ3) is 6.01. The normalized spacial score (nSPS) is 13.9. The number of benzene rings is 9. The van der Waals surface area contributed by atoms with Crippen LogP contribution in [0, 0.1) is 31.8 Å². The topological polar surface area (TPSA) is 60.7 Å². The van der Waals surface area contributed by atoms with Gasteiger partial charge in [-0.1, -0.05) is 126 Å². The number of aromatic nitrogens is 1. The molecule has 328 valence electrons. The molecule has 0 bridgehead atoms. The predicted molar refractivity (Wildman–Crippen MR) is 283 cm³/mol. The predicted octanol–water partition coefficient (Wildman–Crippen LogP) is 17.0. The van der Waals surface area contributed by atoms with Crippen LogP contribution in [0.4, 0.5) is 39.8 Å². The van der Waals surface area contributed by atoms with Gasteiger partial charge in [-0.15, -0.1) is 0 Å². The summed E-state index contributed by atoms with van der Waals surface area (Å²) in [4.78, 5) is 13.6. The number of aryl methyl sites for hydroxylation is 2. The summed E-state index contributed by atoms with van der Waals surface area (Å²) in [5.41, 5.74) is 20.9. The van der Waals surface area contributed by atoms with Gasteiger partial charge in [0.1, 0.15) is 11.2 Å². The Morgan fingerprint density at radius 2 is 1.20 bits per heavy atom. The standard InChI is InChI=1S/C64H41N5O/c1-40-19-26-45(27-20-40)68(46-28-22-42(39-65)23-29-46)58-38-56-60(63-61(58)51-15-8-10-18-59(51)70-63)49-33-32-48(37-55(49)64(56)53-16-9-7-14-50(53)62-54(64)17-11-35-67-62)69(47-30-24-44(66-3)25-31-47)57-34-21-41(2)36-52(57)43-12-5-4-6-13-43/h4-38H,1-2H3. The number of nitrogens with zero attached hydrogens (tertiary/aromatic N) is 5. The third-order valence-corrected chi connectivity index (χ3v) is 14.3. The second-order valence-corrected chi connectivity index (χ2v) is 18.2. The highest BCUT2D eigenvalue weighted by Crippen LogP contribution is 2.66. The zero-order valence-corrected chi connectivity index (χ0v) is 38.4. The minimum atomic E-state index is -0.832. The first-order valence-electron chi connectivity index (χ1n) is 23.4. The maximum absolute atomic E-state index is 9.92. The van der Waals surface area contributed by atoms with Crippen molar-refractivity contribution in [2.24, 2.45) is 0 Å². The largest absolute Gasteiger partial charge is 0.455 e. The molecule has 1 unspecified atom stereocenters. The smallest absolute Gasteiger partial charge is 0.187 e. The number of hydrogen-bond donors (Lipinski definition) is 0. The average molecular weight is 896 g/mol. The molecule has 0 fully saturated rings. The number of anilines is 6. The fourth-order valence-electron chi connectivity index (χ4n) is 11.2. The van der Waals surface area contributed by atoms with Crippen LogP contribution in [0.1, 0.15) is 38.9 Å². The quantitative estimate of drug-likeness (QED) is 0.149. The molecule has 1 atom stereocenters. The lowest BCUT2D eigenvalue weighted by Crippen LogP contribution is -2.26.